The van der Waals surface area contributed by atoms with Crippen LogP contribution in [0.5, 0.6) is 0 Å². The van der Waals surface area contributed by atoms with Gasteiger partial charge in [-0.3, -0.25) is 4.79 Å². The van der Waals surface area contributed by atoms with Crippen LogP contribution in [0, 0.1) is 0 Å². The second-order valence-electron chi connectivity index (χ2n) is 1.26. The average Bonchev–Trinajstić information content (AvgIpc) is 1.68. The van der Waals surface area contributed by atoms with Gasteiger partial charge in [0.05, 0.1) is 0 Å². The molecular weight excluding hydrogens is 110 g/mol. The van der Waals surface area contributed by atoms with E-state index in [1.165, 1.54) is 0 Å². The Kier molecular flexibility index (Phi) is 4.20. The topological polar surface area (TPSA) is 72.6 Å². The Labute approximate surface area is 47.2 Å². The fraction of sp³-hybridized carbons (Fsp3) is 0.750. The van der Waals surface area contributed by atoms with Crippen LogP contribution in [0.2, 0.25) is 0 Å². The minimum absolute atomic E-state index is 0.195. The summed E-state index contributed by atoms with van der Waals surface area (Å²) in [6.45, 7) is 0.509. The SMILES string of the molecule is NCC[C@H](O)OC=O. The van der Waals surface area contributed by atoms with Crippen molar-refractivity contribution in [1.29, 1.82) is 0 Å². The molecule has 0 aliphatic heterocycles. The summed E-state index contributed by atoms with van der Waals surface area (Å²) in [6.07, 6.45) is -0.740. The van der Waals surface area contributed by atoms with Gasteiger partial charge in [0.15, 0.2) is 0 Å². The molecule has 0 unspecified atom stereocenters. The zero-order chi connectivity index (χ0) is 6.41. The molecule has 0 amide bonds. The van der Waals surface area contributed by atoms with Gasteiger partial charge in [-0.05, 0) is 6.54 Å². The number of aliphatic hydroxyl groups excluding tert-OH is 1. The standard InChI is InChI=1S/C4H9NO3/c5-2-1-4(7)8-3-6/h3-4,7H,1-2,5H2/t4-/m1/s1. The summed E-state index contributed by atoms with van der Waals surface area (Å²) in [6, 6.07) is 0. The van der Waals surface area contributed by atoms with Gasteiger partial charge in [-0.15, -0.1) is 0 Å². The van der Waals surface area contributed by atoms with Gasteiger partial charge in [-0.2, -0.15) is 0 Å². The van der Waals surface area contributed by atoms with E-state index in [1.807, 2.05) is 0 Å². The lowest BCUT2D eigenvalue weighted by molar-refractivity contribution is -0.152. The fourth-order valence-electron chi connectivity index (χ4n) is 0.275. The van der Waals surface area contributed by atoms with Gasteiger partial charge in [0, 0.05) is 6.42 Å². The van der Waals surface area contributed by atoms with Crippen LogP contribution in [0.4, 0.5) is 0 Å². The molecule has 3 N–H and O–H groups in total. The van der Waals surface area contributed by atoms with Crippen LogP contribution >= 0.6 is 0 Å². The van der Waals surface area contributed by atoms with Gasteiger partial charge in [0.25, 0.3) is 6.47 Å². The molecule has 48 valence electrons. The second kappa shape index (κ2) is 4.55. The van der Waals surface area contributed by atoms with Crippen molar-refractivity contribution in [3.05, 3.63) is 0 Å². The lowest BCUT2D eigenvalue weighted by Crippen LogP contribution is -2.15. The summed E-state index contributed by atoms with van der Waals surface area (Å²) in [5, 5.41) is 8.52. The van der Waals surface area contributed by atoms with Crippen LogP contribution in [-0.2, 0) is 9.53 Å². The third-order valence-electron chi connectivity index (χ3n) is 0.626. The van der Waals surface area contributed by atoms with Crippen molar-refractivity contribution in [1.82, 2.24) is 0 Å². The normalized spacial score (nSPS) is 12.8. The molecule has 0 saturated carbocycles. The molecule has 0 saturated heterocycles. The fourth-order valence-corrected chi connectivity index (χ4v) is 0.275. The minimum Gasteiger partial charge on any atom is -0.438 e. The number of rotatable bonds is 4. The Morgan fingerprint density at radius 1 is 1.88 bits per heavy atom. The number of carbonyl (C=O) groups excluding carboxylic acids is 1. The third kappa shape index (κ3) is 3.58. The maximum absolute atomic E-state index is 9.47. The van der Waals surface area contributed by atoms with Crippen molar-refractivity contribution in [2.45, 2.75) is 12.7 Å². The molecular formula is C4H9NO3. The number of hydrogen-bond acceptors (Lipinski definition) is 4. The monoisotopic (exact) mass is 119 g/mol. The Morgan fingerprint density at radius 3 is 2.88 bits per heavy atom. The van der Waals surface area contributed by atoms with Crippen molar-refractivity contribution in [2.75, 3.05) is 6.54 Å². The van der Waals surface area contributed by atoms with E-state index in [-0.39, 0.29) is 6.47 Å². The molecule has 0 heterocycles. The summed E-state index contributed by atoms with van der Waals surface area (Å²) in [4.78, 5) is 9.47. The number of carbonyl (C=O) groups is 1. The maximum Gasteiger partial charge on any atom is 0.295 e. The first-order chi connectivity index (χ1) is 3.81. The summed E-state index contributed by atoms with van der Waals surface area (Å²) in [5.41, 5.74) is 5.00. The smallest absolute Gasteiger partial charge is 0.295 e. The molecule has 4 nitrogen and oxygen atoms in total. The molecule has 0 aromatic heterocycles. The number of ether oxygens (including phenoxy) is 1. The van der Waals surface area contributed by atoms with E-state index in [9.17, 15) is 4.79 Å². The number of nitrogens with two attached hydrogens (primary N) is 1. The maximum atomic E-state index is 9.47. The molecule has 0 aliphatic rings. The van der Waals surface area contributed by atoms with E-state index in [4.69, 9.17) is 10.8 Å². The molecule has 0 bridgehead atoms. The van der Waals surface area contributed by atoms with Gasteiger partial charge >= 0.3 is 0 Å². The Balaban J connectivity index is 3.03. The van der Waals surface area contributed by atoms with Gasteiger partial charge in [-0.25, -0.2) is 0 Å². The van der Waals surface area contributed by atoms with Gasteiger partial charge < -0.3 is 15.6 Å². The van der Waals surface area contributed by atoms with E-state index >= 15 is 0 Å². The van der Waals surface area contributed by atoms with Crippen molar-refractivity contribution in [2.24, 2.45) is 5.73 Å². The van der Waals surface area contributed by atoms with Crippen molar-refractivity contribution in [3.8, 4) is 0 Å². The van der Waals surface area contributed by atoms with Crippen LogP contribution in [0.3, 0.4) is 0 Å². The Morgan fingerprint density at radius 2 is 2.50 bits per heavy atom. The molecule has 0 radical (unpaired) electrons. The van der Waals surface area contributed by atoms with Crippen LogP contribution in [-0.4, -0.2) is 24.4 Å². The summed E-state index contributed by atoms with van der Waals surface area (Å²) >= 11 is 0. The molecule has 8 heavy (non-hydrogen) atoms. The largest absolute Gasteiger partial charge is 0.438 e. The van der Waals surface area contributed by atoms with Crippen LogP contribution in [0.15, 0.2) is 0 Å². The summed E-state index contributed by atoms with van der Waals surface area (Å²) < 4.78 is 4.08. The number of aliphatic hydroxyl groups is 1. The van der Waals surface area contributed by atoms with E-state index in [0.29, 0.717) is 13.0 Å². The van der Waals surface area contributed by atoms with E-state index < -0.39 is 6.29 Å². The van der Waals surface area contributed by atoms with Gasteiger partial charge in [0.2, 0.25) is 6.29 Å². The summed E-state index contributed by atoms with van der Waals surface area (Å²) in [7, 11) is 0. The van der Waals surface area contributed by atoms with Crippen LogP contribution in [0.1, 0.15) is 6.42 Å². The Hall–Kier alpha value is -0.610. The molecule has 1 atom stereocenters. The predicted octanol–water partition coefficient (Wildman–Crippen LogP) is -1.17. The zero-order valence-electron chi connectivity index (χ0n) is 4.41. The number of hydrogen-bond donors (Lipinski definition) is 2. The molecule has 4 heteroatoms. The van der Waals surface area contributed by atoms with E-state index in [1.54, 1.807) is 0 Å². The minimum atomic E-state index is -1.03. The first-order valence-corrected chi connectivity index (χ1v) is 2.28. The lowest BCUT2D eigenvalue weighted by Gasteiger charge is -2.03. The highest BCUT2D eigenvalue weighted by atomic mass is 16.6. The Bertz CT molecular complexity index is 66.3. The first kappa shape index (κ1) is 7.39. The molecule has 0 spiro atoms. The second-order valence-corrected chi connectivity index (χ2v) is 1.26. The van der Waals surface area contributed by atoms with Crippen molar-refractivity contribution >= 4 is 6.47 Å². The van der Waals surface area contributed by atoms with Crippen molar-refractivity contribution in [3.63, 3.8) is 0 Å². The molecule has 0 aromatic rings. The van der Waals surface area contributed by atoms with Crippen LogP contribution in [0.25, 0.3) is 0 Å². The van der Waals surface area contributed by atoms with Crippen LogP contribution < -0.4 is 5.73 Å². The van der Waals surface area contributed by atoms with Gasteiger partial charge in [-0.1, -0.05) is 0 Å². The molecule has 0 rings (SSSR count). The predicted molar refractivity (Wildman–Crippen MR) is 26.8 cm³/mol. The van der Waals surface area contributed by atoms with E-state index in [2.05, 4.69) is 4.74 Å². The third-order valence-corrected chi connectivity index (χ3v) is 0.626. The lowest BCUT2D eigenvalue weighted by atomic mass is 10.4. The highest BCUT2D eigenvalue weighted by Crippen LogP contribution is 1.86. The quantitative estimate of drug-likeness (QED) is 0.361. The highest BCUT2D eigenvalue weighted by Gasteiger charge is 1.98. The molecule has 0 aromatic carbocycles. The molecule has 0 fully saturated rings. The summed E-state index contributed by atoms with van der Waals surface area (Å²) in [5.74, 6) is 0. The first-order valence-electron chi connectivity index (χ1n) is 2.28. The molecule has 0 aliphatic carbocycles. The van der Waals surface area contributed by atoms with E-state index in [0.717, 1.165) is 0 Å². The average molecular weight is 119 g/mol. The van der Waals surface area contributed by atoms with Crippen molar-refractivity contribution < 1.29 is 14.6 Å². The zero-order valence-corrected chi connectivity index (χ0v) is 4.41. The highest BCUT2D eigenvalue weighted by molar-refractivity contribution is 5.37. The van der Waals surface area contributed by atoms with Gasteiger partial charge in [0.1, 0.15) is 0 Å².